The molecule has 0 radical (unpaired) electrons. The molecule has 0 saturated heterocycles. The second-order valence-electron chi connectivity index (χ2n) is 5.20. The third-order valence-electron chi connectivity index (χ3n) is 3.57. The van der Waals surface area contributed by atoms with E-state index < -0.39 is 41.5 Å². The van der Waals surface area contributed by atoms with Gasteiger partial charge in [-0.3, -0.25) is 9.59 Å². The molecular formula is C17H15F3N2O2. The van der Waals surface area contributed by atoms with Crippen LogP contribution in [0.3, 0.4) is 0 Å². The molecule has 0 atom stereocenters. The lowest BCUT2D eigenvalue weighted by molar-refractivity contribution is -0.115. The van der Waals surface area contributed by atoms with Crippen LogP contribution >= 0.6 is 0 Å². The molecule has 0 unspecified atom stereocenters. The summed E-state index contributed by atoms with van der Waals surface area (Å²) in [6, 6.07) is 6.78. The Balaban J connectivity index is 2.00. The Morgan fingerprint density at radius 3 is 2.42 bits per heavy atom. The summed E-state index contributed by atoms with van der Waals surface area (Å²) in [6.07, 6.45) is 0. The van der Waals surface area contributed by atoms with Gasteiger partial charge in [0.1, 0.15) is 0 Å². The van der Waals surface area contributed by atoms with Crippen LogP contribution in [-0.2, 0) is 4.79 Å². The number of aryl methyl sites for hydroxylation is 1. The average Bonchev–Trinajstić information content (AvgIpc) is 2.55. The minimum absolute atomic E-state index is 0.418. The fourth-order valence-electron chi connectivity index (χ4n) is 2.07. The van der Waals surface area contributed by atoms with E-state index in [2.05, 4.69) is 10.6 Å². The number of hydrogen-bond acceptors (Lipinski definition) is 2. The maximum Gasteiger partial charge on any atom is 0.251 e. The van der Waals surface area contributed by atoms with Crippen LogP contribution in [0.1, 0.15) is 21.5 Å². The molecule has 2 rings (SSSR count). The lowest BCUT2D eigenvalue weighted by Gasteiger charge is -2.10. The number of anilines is 1. The van der Waals surface area contributed by atoms with E-state index in [0.29, 0.717) is 11.6 Å². The zero-order valence-electron chi connectivity index (χ0n) is 13.0. The second kappa shape index (κ2) is 7.16. The number of carbonyl (C=O) groups is 2. The Hall–Kier alpha value is -2.83. The van der Waals surface area contributed by atoms with Gasteiger partial charge in [-0.25, -0.2) is 13.2 Å². The first-order valence-electron chi connectivity index (χ1n) is 7.09. The van der Waals surface area contributed by atoms with Crippen molar-refractivity contribution < 1.29 is 22.8 Å². The molecule has 0 bridgehead atoms. The van der Waals surface area contributed by atoms with Crippen LogP contribution < -0.4 is 10.6 Å². The highest BCUT2D eigenvalue weighted by Crippen LogP contribution is 2.19. The largest absolute Gasteiger partial charge is 0.343 e. The summed E-state index contributed by atoms with van der Waals surface area (Å²) >= 11 is 0. The van der Waals surface area contributed by atoms with Crippen LogP contribution in [0.4, 0.5) is 18.9 Å². The Bertz CT molecular complexity index is 807. The smallest absolute Gasteiger partial charge is 0.251 e. The normalized spacial score (nSPS) is 10.4. The minimum atomic E-state index is -1.67. The Morgan fingerprint density at radius 2 is 1.71 bits per heavy atom. The van der Waals surface area contributed by atoms with Gasteiger partial charge < -0.3 is 10.6 Å². The van der Waals surface area contributed by atoms with Crippen molar-refractivity contribution in [3.8, 4) is 0 Å². The fourth-order valence-corrected chi connectivity index (χ4v) is 2.07. The molecule has 2 N–H and O–H groups in total. The predicted octanol–water partition coefficient (Wildman–Crippen LogP) is 3.09. The summed E-state index contributed by atoms with van der Waals surface area (Å²) in [5.74, 6) is -5.75. The van der Waals surface area contributed by atoms with E-state index in [9.17, 15) is 22.8 Å². The first kappa shape index (κ1) is 17.5. The van der Waals surface area contributed by atoms with Gasteiger partial charge in [0.2, 0.25) is 5.91 Å². The lowest BCUT2D eigenvalue weighted by atomic mass is 10.0. The average molecular weight is 336 g/mol. The fraction of sp³-hybridized carbons (Fsp3) is 0.176. The summed E-state index contributed by atoms with van der Waals surface area (Å²) in [7, 11) is 0. The van der Waals surface area contributed by atoms with Crippen molar-refractivity contribution in [2.75, 3.05) is 11.9 Å². The summed E-state index contributed by atoms with van der Waals surface area (Å²) in [5, 5.41) is 4.47. The minimum Gasteiger partial charge on any atom is -0.343 e. The highest BCUT2D eigenvalue weighted by atomic mass is 19.2. The summed E-state index contributed by atoms with van der Waals surface area (Å²) in [5.41, 5.74) is 1.62. The van der Waals surface area contributed by atoms with Crippen molar-refractivity contribution in [2.45, 2.75) is 13.8 Å². The van der Waals surface area contributed by atoms with Crippen molar-refractivity contribution in [1.82, 2.24) is 5.32 Å². The van der Waals surface area contributed by atoms with Crippen LogP contribution in [-0.4, -0.2) is 18.4 Å². The monoisotopic (exact) mass is 336 g/mol. The van der Waals surface area contributed by atoms with E-state index in [1.165, 1.54) is 0 Å². The van der Waals surface area contributed by atoms with Gasteiger partial charge in [-0.2, -0.15) is 0 Å². The number of nitrogens with one attached hydrogen (secondary N) is 2. The van der Waals surface area contributed by atoms with Gasteiger partial charge in [0.15, 0.2) is 17.5 Å². The summed E-state index contributed by atoms with van der Waals surface area (Å²) < 4.78 is 39.4. The quantitative estimate of drug-likeness (QED) is 0.843. The Labute approximate surface area is 136 Å². The molecule has 0 aromatic heterocycles. The molecule has 24 heavy (non-hydrogen) atoms. The molecule has 7 heteroatoms. The van der Waals surface area contributed by atoms with Crippen molar-refractivity contribution in [3.05, 3.63) is 64.5 Å². The summed E-state index contributed by atoms with van der Waals surface area (Å²) in [6.45, 7) is 3.19. The zero-order chi connectivity index (χ0) is 17.9. The number of hydrogen-bond donors (Lipinski definition) is 2. The number of amides is 2. The molecule has 2 aromatic carbocycles. The van der Waals surface area contributed by atoms with Crippen LogP contribution in [0, 0.1) is 31.3 Å². The summed E-state index contributed by atoms with van der Waals surface area (Å²) in [4.78, 5) is 23.8. The molecule has 0 saturated carbocycles. The second-order valence-corrected chi connectivity index (χ2v) is 5.20. The maximum atomic E-state index is 13.5. The molecule has 2 aromatic rings. The van der Waals surface area contributed by atoms with Crippen molar-refractivity contribution >= 4 is 17.5 Å². The van der Waals surface area contributed by atoms with E-state index in [1.807, 2.05) is 13.0 Å². The molecule has 4 nitrogen and oxygen atoms in total. The first-order chi connectivity index (χ1) is 11.3. The van der Waals surface area contributed by atoms with E-state index >= 15 is 0 Å². The van der Waals surface area contributed by atoms with E-state index in [1.54, 1.807) is 19.1 Å². The molecule has 0 aliphatic heterocycles. The molecule has 126 valence electrons. The van der Waals surface area contributed by atoms with Crippen molar-refractivity contribution in [2.24, 2.45) is 0 Å². The van der Waals surface area contributed by atoms with Gasteiger partial charge in [-0.15, -0.1) is 0 Å². The molecule has 0 fully saturated rings. The van der Waals surface area contributed by atoms with E-state index in [-0.39, 0.29) is 0 Å². The van der Waals surface area contributed by atoms with E-state index in [0.717, 1.165) is 17.2 Å². The number of rotatable bonds is 4. The zero-order valence-corrected chi connectivity index (χ0v) is 13.0. The Kier molecular flexibility index (Phi) is 5.23. The van der Waals surface area contributed by atoms with Gasteiger partial charge in [0.05, 0.1) is 12.2 Å². The van der Waals surface area contributed by atoms with Crippen molar-refractivity contribution in [1.29, 1.82) is 0 Å². The van der Waals surface area contributed by atoms with Gasteiger partial charge in [0.25, 0.3) is 5.91 Å². The Morgan fingerprint density at radius 1 is 1.00 bits per heavy atom. The predicted molar refractivity (Wildman–Crippen MR) is 83.2 cm³/mol. The molecule has 0 spiro atoms. The van der Waals surface area contributed by atoms with Crippen LogP contribution in [0.2, 0.25) is 0 Å². The van der Waals surface area contributed by atoms with Gasteiger partial charge in [-0.1, -0.05) is 12.1 Å². The molecule has 2 amide bonds. The number of benzene rings is 2. The van der Waals surface area contributed by atoms with Gasteiger partial charge in [-0.05, 0) is 43.2 Å². The third-order valence-corrected chi connectivity index (χ3v) is 3.57. The van der Waals surface area contributed by atoms with Gasteiger partial charge >= 0.3 is 0 Å². The highest BCUT2D eigenvalue weighted by Gasteiger charge is 2.16. The third kappa shape index (κ3) is 3.73. The van der Waals surface area contributed by atoms with E-state index in [4.69, 9.17) is 0 Å². The standard InChI is InChI=1S/C17H15F3N2O2/c1-9-4-3-5-11(10(9)2)17(24)21-8-14(23)22-13-7-6-12(18)15(19)16(13)20/h3-7H,8H2,1-2H3,(H,21,24)(H,22,23). The molecular weight excluding hydrogens is 321 g/mol. The highest BCUT2D eigenvalue weighted by molar-refractivity contribution is 6.00. The number of carbonyl (C=O) groups excluding carboxylic acids is 2. The van der Waals surface area contributed by atoms with Crippen LogP contribution in [0.25, 0.3) is 0 Å². The molecule has 0 aliphatic carbocycles. The maximum absolute atomic E-state index is 13.5. The number of halogens is 3. The topological polar surface area (TPSA) is 58.2 Å². The van der Waals surface area contributed by atoms with Crippen LogP contribution in [0.15, 0.2) is 30.3 Å². The lowest BCUT2D eigenvalue weighted by Crippen LogP contribution is -2.33. The first-order valence-corrected chi connectivity index (χ1v) is 7.09. The van der Waals surface area contributed by atoms with Crippen LogP contribution in [0.5, 0.6) is 0 Å². The van der Waals surface area contributed by atoms with Gasteiger partial charge in [0, 0.05) is 5.56 Å². The molecule has 0 aliphatic rings. The SMILES string of the molecule is Cc1cccc(C(=O)NCC(=O)Nc2ccc(F)c(F)c2F)c1C. The van der Waals surface area contributed by atoms with Crippen molar-refractivity contribution in [3.63, 3.8) is 0 Å². The molecule has 0 heterocycles.